The van der Waals surface area contributed by atoms with Crippen LogP contribution < -0.4 is 23.8 Å². The highest BCUT2D eigenvalue weighted by molar-refractivity contribution is 7.89. The van der Waals surface area contributed by atoms with E-state index in [0.29, 0.717) is 22.2 Å². The van der Waals surface area contributed by atoms with E-state index < -0.39 is 80.8 Å². The van der Waals surface area contributed by atoms with Crippen molar-refractivity contribution in [2.45, 2.75) is 16.6 Å². The number of hydrogen-bond acceptors (Lipinski definition) is 13. The molecule has 1 aliphatic heterocycles. The highest BCUT2D eigenvalue weighted by atomic mass is 32.2. The number of aromatic amines is 1. The average Bonchev–Trinajstić information content (AvgIpc) is 3.75. The zero-order valence-electron chi connectivity index (χ0n) is 29.8. The van der Waals surface area contributed by atoms with Crippen LogP contribution in [0.4, 0.5) is 11.4 Å². The number of fused-ring (bicyclic) bond motifs is 4. The van der Waals surface area contributed by atoms with Gasteiger partial charge in [0.1, 0.15) is 11.4 Å². The van der Waals surface area contributed by atoms with Gasteiger partial charge in [-0.1, -0.05) is 36.4 Å². The molecule has 0 saturated carbocycles. The first-order chi connectivity index (χ1) is 26.5. The number of benzene rings is 4. The SMILES string of the molecule is COc1cc2cc(C(=O)N3CC(COS(=O)(=O)Cc4ccccc4)c4c3cc([N+](=O)[O-])c3cc(S(=O)(=O)NCCOP(=O)(O)O)ccc43)[nH]c2c(OC)c1OC. The zero-order chi connectivity index (χ0) is 40.6. The average molecular weight is 835 g/mol. The van der Waals surface area contributed by atoms with Crippen molar-refractivity contribution < 1.29 is 63.8 Å². The summed E-state index contributed by atoms with van der Waals surface area (Å²) in [4.78, 5) is 47.8. The third-order valence-electron chi connectivity index (χ3n) is 8.90. The molecule has 1 aromatic heterocycles. The Labute approximate surface area is 319 Å². The molecule has 0 fully saturated rings. The lowest BCUT2D eigenvalue weighted by atomic mass is 9.94. The smallest absolute Gasteiger partial charge is 0.469 e. The molecule has 0 spiro atoms. The van der Waals surface area contributed by atoms with Crippen LogP contribution in [0, 0.1) is 10.1 Å². The van der Waals surface area contributed by atoms with E-state index >= 15 is 0 Å². The van der Waals surface area contributed by atoms with Gasteiger partial charge in [-0.15, -0.1) is 0 Å². The van der Waals surface area contributed by atoms with Gasteiger partial charge in [0.25, 0.3) is 21.7 Å². The van der Waals surface area contributed by atoms with Crippen LogP contribution in [0.1, 0.15) is 27.5 Å². The third kappa shape index (κ3) is 8.34. The number of amides is 1. The topological polar surface area (TPSA) is 263 Å². The Morgan fingerprint density at radius 3 is 2.34 bits per heavy atom. The molecular formula is C34H35N4O15PS2. The highest BCUT2D eigenvalue weighted by Gasteiger charge is 2.39. The number of ether oxygens (including phenoxy) is 3. The van der Waals surface area contributed by atoms with Gasteiger partial charge in [-0.25, -0.2) is 17.7 Å². The predicted octanol–water partition coefficient (Wildman–Crippen LogP) is 3.93. The van der Waals surface area contributed by atoms with Gasteiger partial charge in [0.05, 0.1) is 61.0 Å². The molecule has 298 valence electrons. The number of anilines is 1. The van der Waals surface area contributed by atoms with Crippen molar-refractivity contribution in [3.05, 3.63) is 93.7 Å². The number of nitro benzene ring substituents is 1. The highest BCUT2D eigenvalue weighted by Crippen LogP contribution is 2.47. The Kier molecular flexibility index (Phi) is 11.4. The minimum Gasteiger partial charge on any atom is -0.493 e. The number of phosphoric acid groups is 1. The van der Waals surface area contributed by atoms with Crippen LogP contribution in [0.25, 0.3) is 21.7 Å². The minimum absolute atomic E-state index is 0.0378. The van der Waals surface area contributed by atoms with Gasteiger partial charge < -0.3 is 33.9 Å². The van der Waals surface area contributed by atoms with E-state index in [1.807, 2.05) is 0 Å². The number of phosphoric ester groups is 1. The second-order valence-corrected chi connectivity index (χ2v) is 17.0. The molecule has 1 amide bonds. The number of carbonyl (C=O) groups excluding carboxylic acids is 1. The lowest BCUT2D eigenvalue weighted by molar-refractivity contribution is -0.383. The minimum atomic E-state index is -4.87. The maximum absolute atomic E-state index is 14.4. The van der Waals surface area contributed by atoms with Crippen LogP contribution >= 0.6 is 7.82 Å². The fraction of sp³-hybridized carbons (Fsp3) is 0.265. The number of non-ortho nitro benzene ring substituents is 1. The van der Waals surface area contributed by atoms with Gasteiger partial charge in [0.15, 0.2) is 11.5 Å². The molecule has 0 aliphatic carbocycles. The van der Waals surface area contributed by atoms with Crippen molar-refractivity contribution in [2.24, 2.45) is 0 Å². The van der Waals surface area contributed by atoms with Crippen molar-refractivity contribution >= 4 is 66.9 Å². The summed E-state index contributed by atoms with van der Waals surface area (Å²) in [6.45, 7) is -1.88. The van der Waals surface area contributed by atoms with Crippen molar-refractivity contribution in [2.75, 3.05) is 52.5 Å². The van der Waals surface area contributed by atoms with Crippen molar-refractivity contribution in [1.82, 2.24) is 9.71 Å². The summed E-state index contributed by atoms with van der Waals surface area (Å²) in [6, 6.07) is 16.1. The monoisotopic (exact) mass is 834 g/mol. The largest absolute Gasteiger partial charge is 0.493 e. The summed E-state index contributed by atoms with van der Waals surface area (Å²) in [5, 5.41) is 13.1. The van der Waals surface area contributed by atoms with E-state index in [4.69, 9.17) is 28.2 Å². The molecule has 4 aromatic carbocycles. The standard InChI is InChI=1S/C34H35N4O15PS2/c1-49-29-14-21-13-26(36-31(21)33(51-3)32(29)50-2)34(39)37-17-22(18-53-55(45,46)19-20-7-5-4-6-8-20)30-24-10-9-23(15-25(24)27(38(40)41)16-28(30)37)56(47,48)35-11-12-52-54(42,43)44/h4-10,13-16,22,35-36H,11-12,17-19H2,1-3H3,(H2,42,43,44). The fourth-order valence-corrected chi connectivity index (χ4v) is 8.96. The molecule has 5 aromatic rings. The molecule has 4 N–H and O–H groups in total. The number of rotatable bonds is 16. The van der Waals surface area contributed by atoms with Gasteiger partial charge in [0, 0.05) is 30.5 Å². The number of nitro groups is 1. The summed E-state index contributed by atoms with van der Waals surface area (Å²) >= 11 is 0. The van der Waals surface area contributed by atoms with Crippen LogP contribution in [0.3, 0.4) is 0 Å². The van der Waals surface area contributed by atoms with Crippen molar-refractivity contribution in [3.8, 4) is 17.2 Å². The van der Waals surface area contributed by atoms with Crippen LogP contribution in [0.15, 0.2) is 71.6 Å². The predicted molar refractivity (Wildman–Crippen MR) is 201 cm³/mol. The summed E-state index contributed by atoms with van der Waals surface area (Å²) in [6.07, 6.45) is 0. The molecule has 19 nitrogen and oxygen atoms in total. The van der Waals surface area contributed by atoms with Crippen LogP contribution in [-0.2, 0) is 39.2 Å². The van der Waals surface area contributed by atoms with Gasteiger partial charge in [-0.05, 0) is 40.8 Å². The lowest BCUT2D eigenvalue weighted by Crippen LogP contribution is -2.31. The second kappa shape index (κ2) is 15.8. The number of H-pyrrole nitrogens is 1. The maximum atomic E-state index is 14.4. The first-order valence-corrected chi connectivity index (χ1v) is 21.1. The van der Waals surface area contributed by atoms with Crippen LogP contribution in [0.2, 0.25) is 0 Å². The Morgan fingerprint density at radius 1 is 0.982 bits per heavy atom. The molecule has 6 rings (SSSR count). The normalized spacial score (nSPS) is 14.6. The van der Waals surface area contributed by atoms with E-state index in [1.54, 1.807) is 36.4 Å². The molecule has 0 radical (unpaired) electrons. The van der Waals surface area contributed by atoms with E-state index in [1.165, 1.54) is 38.4 Å². The van der Waals surface area contributed by atoms with Gasteiger partial charge in [0.2, 0.25) is 15.8 Å². The van der Waals surface area contributed by atoms with Crippen LogP contribution in [-0.4, -0.2) is 90.1 Å². The molecule has 22 heteroatoms. The molecule has 1 atom stereocenters. The number of methoxy groups -OCH3 is 3. The second-order valence-electron chi connectivity index (χ2n) is 12.4. The zero-order valence-corrected chi connectivity index (χ0v) is 32.4. The number of nitrogens with one attached hydrogen (secondary N) is 2. The Balaban J connectivity index is 1.44. The summed E-state index contributed by atoms with van der Waals surface area (Å²) in [7, 11) is -9.18. The van der Waals surface area contributed by atoms with Crippen molar-refractivity contribution in [1.29, 1.82) is 0 Å². The molecule has 56 heavy (non-hydrogen) atoms. The van der Waals surface area contributed by atoms with Gasteiger partial charge in [-0.3, -0.25) is 23.6 Å². The number of carbonyl (C=O) groups is 1. The Morgan fingerprint density at radius 2 is 1.70 bits per heavy atom. The maximum Gasteiger partial charge on any atom is 0.469 e. The number of sulfonamides is 1. The van der Waals surface area contributed by atoms with Crippen molar-refractivity contribution in [3.63, 3.8) is 0 Å². The molecule has 0 saturated heterocycles. The summed E-state index contributed by atoms with van der Waals surface area (Å²) < 4.78 is 91.9. The van der Waals surface area contributed by atoms with Gasteiger partial charge >= 0.3 is 7.82 Å². The molecule has 0 bridgehead atoms. The third-order valence-corrected chi connectivity index (χ3v) is 12.1. The molecule has 1 unspecified atom stereocenters. The fourth-order valence-electron chi connectivity index (χ4n) is 6.54. The van der Waals surface area contributed by atoms with Gasteiger partial charge in [-0.2, -0.15) is 8.42 Å². The quantitative estimate of drug-likeness (QED) is 0.0361. The summed E-state index contributed by atoms with van der Waals surface area (Å²) in [5.74, 6) is -1.15. The van der Waals surface area contributed by atoms with E-state index in [0.717, 1.165) is 18.2 Å². The summed E-state index contributed by atoms with van der Waals surface area (Å²) in [5.41, 5.74) is 0.681. The number of aromatic nitrogens is 1. The number of hydrogen-bond donors (Lipinski definition) is 4. The number of nitrogens with zero attached hydrogens (tertiary/aromatic N) is 2. The molecular weight excluding hydrogens is 799 g/mol. The first-order valence-electron chi connectivity index (χ1n) is 16.5. The van der Waals surface area contributed by atoms with Crippen LogP contribution in [0.5, 0.6) is 17.2 Å². The molecule has 1 aliphatic rings. The Hall–Kier alpha value is -5.12. The van der Waals surface area contributed by atoms with E-state index in [-0.39, 0.29) is 45.8 Å². The van der Waals surface area contributed by atoms with E-state index in [2.05, 4.69) is 14.2 Å². The molecule has 2 heterocycles. The first kappa shape index (κ1) is 40.5. The lowest BCUT2D eigenvalue weighted by Gasteiger charge is -2.17. The Bertz CT molecular complexity index is 2610. The van der Waals surface area contributed by atoms with E-state index in [9.17, 15) is 36.3 Å².